The van der Waals surface area contributed by atoms with Gasteiger partial charge in [0.2, 0.25) is 0 Å². The lowest BCUT2D eigenvalue weighted by Crippen LogP contribution is -2.45. The number of oxime groups is 1. The Morgan fingerprint density at radius 1 is 1.48 bits per heavy atom. The predicted octanol–water partition coefficient (Wildman–Crippen LogP) is -0.913. The van der Waals surface area contributed by atoms with Crippen molar-refractivity contribution in [3.63, 3.8) is 0 Å². The minimum atomic E-state index is -4.76. The molecule has 0 aromatic heterocycles. The molecule has 12 nitrogen and oxygen atoms in total. The number of fused-ring (bicyclic) bond motifs is 2. The zero-order chi connectivity index (χ0) is 18.2. The molecule has 0 aromatic carbocycles. The molecule has 140 valence electrons. The molecular weight excluding hydrogens is 358 g/mol. The molecular formula is C12H19N5O7S. The van der Waals surface area contributed by atoms with Crippen LogP contribution in [0.1, 0.15) is 19.3 Å². The summed E-state index contributed by atoms with van der Waals surface area (Å²) in [6.45, 7) is 0.504. The highest BCUT2D eigenvalue weighted by Gasteiger charge is 2.49. The number of nitrogens with zero attached hydrogens (tertiary/aromatic N) is 3. The fourth-order valence-corrected chi connectivity index (χ4v) is 3.60. The SMILES string of the molecule is N=C(N)COCC1CC([C@@H]2CC[C@@H]3CN2C(=O)N3OS(=O)(=O)O)=NO1. The highest BCUT2D eigenvalue weighted by molar-refractivity contribution is 7.80. The van der Waals surface area contributed by atoms with Gasteiger partial charge in [-0.1, -0.05) is 5.16 Å². The molecule has 2 bridgehead atoms. The number of ether oxygens (including phenoxy) is 1. The average Bonchev–Trinajstić information content (AvgIpc) is 3.06. The van der Waals surface area contributed by atoms with Crippen LogP contribution in [0.4, 0.5) is 4.79 Å². The third-order valence-electron chi connectivity index (χ3n) is 4.20. The Kier molecular flexibility index (Phi) is 4.81. The van der Waals surface area contributed by atoms with Gasteiger partial charge < -0.3 is 20.2 Å². The summed E-state index contributed by atoms with van der Waals surface area (Å²) in [5, 5.41) is 11.8. The summed E-state index contributed by atoms with van der Waals surface area (Å²) in [5.41, 5.74) is 5.87. The van der Waals surface area contributed by atoms with Gasteiger partial charge in [-0.15, -0.1) is 4.28 Å². The minimum Gasteiger partial charge on any atom is -0.390 e. The van der Waals surface area contributed by atoms with Crippen molar-refractivity contribution in [2.24, 2.45) is 10.9 Å². The summed E-state index contributed by atoms with van der Waals surface area (Å²) in [6, 6.07) is -1.40. The van der Waals surface area contributed by atoms with Crippen molar-refractivity contribution in [3.05, 3.63) is 0 Å². The van der Waals surface area contributed by atoms with Crippen LogP contribution in [0.2, 0.25) is 0 Å². The standard InChI is InChI=1S/C12H19N5O7S/c13-11(14)6-22-5-8-3-9(15-23-8)10-2-1-7-4-16(10)12(18)17(7)24-25(19,20)21/h7-8,10H,1-6H2,(H3,13,14)(H,19,20,21)/t7-,8?,10+/m1/s1. The quantitative estimate of drug-likeness (QED) is 0.291. The summed E-state index contributed by atoms with van der Waals surface area (Å²) >= 11 is 0. The van der Waals surface area contributed by atoms with Crippen LogP contribution in [0.15, 0.2) is 5.16 Å². The van der Waals surface area contributed by atoms with Crippen LogP contribution in [-0.4, -0.2) is 78.5 Å². The lowest BCUT2D eigenvalue weighted by Gasteiger charge is -2.29. The van der Waals surface area contributed by atoms with Gasteiger partial charge in [0.1, 0.15) is 12.4 Å². The second-order valence-electron chi connectivity index (χ2n) is 6.06. The Morgan fingerprint density at radius 2 is 2.24 bits per heavy atom. The summed E-state index contributed by atoms with van der Waals surface area (Å²) in [7, 11) is -4.76. The van der Waals surface area contributed by atoms with E-state index in [1.807, 2.05) is 0 Å². The van der Waals surface area contributed by atoms with E-state index in [4.69, 9.17) is 25.3 Å². The van der Waals surface area contributed by atoms with Crippen LogP contribution in [0.3, 0.4) is 0 Å². The van der Waals surface area contributed by atoms with Crippen molar-refractivity contribution in [2.75, 3.05) is 19.8 Å². The molecule has 3 aliphatic heterocycles. The van der Waals surface area contributed by atoms with Gasteiger partial charge in [0.25, 0.3) is 0 Å². The molecule has 2 saturated heterocycles. The van der Waals surface area contributed by atoms with E-state index in [2.05, 4.69) is 9.44 Å². The largest absolute Gasteiger partial charge is 0.418 e. The molecule has 0 spiro atoms. The zero-order valence-corrected chi connectivity index (χ0v) is 14.0. The second kappa shape index (κ2) is 6.74. The maximum atomic E-state index is 12.4. The number of hydrogen-bond acceptors (Lipinski definition) is 8. The number of amidine groups is 1. The van der Waals surface area contributed by atoms with Gasteiger partial charge in [-0.25, -0.2) is 4.79 Å². The van der Waals surface area contributed by atoms with E-state index >= 15 is 0 Å². The Bertz CT molecular complexity index is 696. The van der Waals surface area contributed by atoms with Gasteiger partial charge in [-0.3, -0.25) is 9.96 Å². The molecule has 2 amide bonds. The van der Waals surface area contributed by atoms with Gasteiger partial charge in [-0.2, -0.15) is 13.5 Å². The topological polar surface area (TPSA) is 168 Å². The first kappa shape index (κ1) is 17.8. The monoisotopic (exact) mass is 377 g/mol. The van der Waals surface area contributed by atoms with Crippen molar-refractivity contribution < 1.29 is 31.6 Å². The second-order valence-corrected chi connectivity index (χ2v) is 7.07. The number of nitrogens with two attached hydrogens (primary N) is 1. The molecule has 25 heavy (non-hydrogen) atoms. The molecule has 2 fully saturated rings. The van der Waals surface area contributed by atoms with E-state index < -0.39 is 22.5 Å². The maximum absolute atomic E-state index is 12.4. The van der Waals surface area contributed by atoms with Crippen LogP contribution < -0.4 is 5.73 Å². The molecule has 13 heteroatoms. The van der Waals surface area contributed by atoms with E-state index in [9.17, 15) is 13.2 Å². The lowest BCUT2D eigenvalue weighted by molar-refractivity contribution is -0.0316. The van der Waals surface area contributed by atoms with Gasteiger partial charge in [0, 0.05) is 13.0 Å². The number of urea groups is 1. The minimum absolute atomic E-state index is 0.00679. The van der Waals surface area contributed by atoms with Crippen molar-refractivity contribution in [3.8, 4) is 0 Å². The third kappa shape index (κ3) is 4.00. The Balaban J connectivity index is 1.58. The number of hydrogen-bond donors (Lipinski definition) is 3. The van der Waals surface area contributed by atoms with Gasteiger partial charge in [-0.05, 0) is 12.8 Å². The van der Waals surface area contributed by atoms with E-state index in [1.54, 1.807) is 0 Å². The van der Waals surface area contributed by atoms with Gasteiger partial charge in [0.05, 0.1) is 24.4 Å². The highest BCUT2D eigenvalue weighted by atomic mass is 32.3. The maximum Gasteiger partial charge on any atom is 0.418 e. The molecule has 3 rings (SSSR count). The summed E-state index contributed by atoms with van der Waals surface area (Å²) in [5.74, 6) is -0.0842. The van der Waals surface area contributed by atoms with Crippen LogP contribution in [0.25, 0.3) is 0 Å². The van der Waals surface area contributed by atoms with Crippen molar-refractivity contribution in [1.29, 1.82) is 5.41 Å². The van der Waals surface area contributed by atoms with E-state index in [0.29, 0.717) is 30.0 Å². The average molecular weight is 377 g/mol. The summed E-state index contributed by atoms with van der Waals surface area (Å²) in [6.07, 6.45) is 1.21. The van der Waals surface area contributed by atoms with E-state index in [-0.39, 0.29) is 37.7 Å². The number of nitrogens with one attached hydrogen (secondary N) is 1. The Hall–Kier alpha value is -1.96. The molecule has 4 N–H and O–H groups in total. The van der Waals surface area contributed by atoms with Crippen LogP contribution in [-0.2, 0) is 24.3 Å². The van der Waals surface area contributed by atoms with Gasteiger partial charge in [0.15, 0.2) is 6.10 Å². The smallest absolute Gasteiger partial charge is 0.390 e. The van der Waals surface area contributed by atoms with Gasteiger partial charge >= 0.3 is 16.4 Å². The normalized spacial score (nSPS) is 28.9. The molecule has 3 heterocycles. The summed E-state index contributed by atoms with van der Waals surface area (Å²) < 4.78 is 40.2. The Labute approximate surface area is 143 Å². The number of carbonyl (C=O) groups is 1. The van der Waals surface area contributed by atoms with Crippen LogP contribution >= 0.6 is 0 Å². The number of amides is 2. The first-order valence-electron chi connectivity index (χ1n) is 7.64. The molecule has 1 unspecified atom stereocenters. The molecule has 0 aromatic rings. The first-order valence-corrected chi connectivity index (χ1v) is 9.01. The highest BCUT2D eigenvalue weighted by Crippen LogP contribution is 2.33. The number of rotatable bonds is 7. The van der Waals surface area contributed by atoms with Crippen molar-refractivity contribution >= 4 is 28.0 Å². The van der Waals surface area contributed by atoms with Crippen LogP contribution in [0, 0.1) is 5.41 Å². The molecule has 3 aliphatic rings. The van der Waals surface area contributed by atoms with E-state index in [0.717, 1.165) is 0 Å². The number of hydroxylamine groups is 2. The fourth-order valence-electron chi connectivity index (χ4n) is 3.21. The molecule has 3 atom stereocenters. The van der Waals surface area contributed by atoms with Crippen molar-refractivity contribution in [1.82, 2.24) is 9.96 Å². The number of carbonyl (C=O) groups excluding carboxylic acids is 1. The molecule has 0 radical (unpaired) electrons. The Morgan fingerprint density at radius 3 is 2.92 bits per heavy atom. The van der Waals surface area contributed by atoms with Crippen molar-refractivity contribution in [2.45, 2.75) is 37.5 Å². The zero-order valence-electron chi connectivity index (χ0n) is 13.2. The molecule has 0 saturated carbocycles. The third-order valence-corrected chi connectivity index (χ3v) is 4.55. The number of piperidine rings is 1. The van der Waals surface area contributed by atoms with Crippen LogP contribution in [0.5, 0.6) is 0 Å². The fraction of sp³-hybridized carbons (Fsp3) is 0.750. The predicted molar refractivity (Wildman–Crippen MR) is 83.0 cm³/mol. The summed E-state index contributed by atoms with van der Waals surface area (Å²) in [4.78, 5) is 19.1. The molecule has 0 aliphatic carbocycles. The lowest BCUT2D eigenvalue weighted by atomic mass is 9.95. The van der Waals surface area contributed by atoms with E-state index in [1.165, 1.54) is 4.90 Å². The first-order chi connectivity index (χ1) is 11.7.